The van der Waals surface area contributed by atoms with Crippen molar-refractivity contribution in [2.75, 3.05) is 17.6 Å². The molecule has 7 nitrogen and oxygen atoms in total. The third kappa shape index (κ3) is 4.08. The number of hydrogen-bond donors (Lipinski definition) is 1. The van der Waals surface area contributed by atoms with E-state index in [-0.39, 0.29) is 17.5 Å². The van der Waals surface area contributed by atoms with E-state index in [1.165, 1.54) is 10.2 Å². The van der Waals surface area contributed by atoms with Crippen LogP contribution in [-0.4, -0.2) is 40.9 Å². The third-order valence-corrected chi connectivity index (χ3v) is 5.55. The van der Waals surface area contributed by atoms with E-state index in [1.54, 1.807) is 24.3 Å². The molecule has 0 unspecified atom stereocenters. The van der Waals surface area contributed by atoms with Crippen molar-refractivity contribution in [2.45, 2.75) is 24.9 Å². The van der Waals surface area contributed by atoms with E-state index in [1.807, 2.05) is 30.3 Å². The Hall–Kier alpha value is -2.74. The van der Waals surface area contributed by atoms with Crippen LogP contribution in [0.4, 0.5) is 5.69 Å². The Morgan fingerprint density at radius 3 is 2.38 bits per heavy atom. The SMILES string of the molecule is CC(C)c1ccc(NCCS(=O)(=O)c2nnnn2-c2ccccc2)cc1. The van der Waals surface area contributed by atoms with Gasteiger partial charge < -0.3 is 5.32 Å². The van der Waals surface area contributed by atoms with E-state index in [9.17, 15) is 8.42 Å². The van der Waals surface area contributed by atoms with Crippen LogP contribution in [0.15, 0.2) is 59.8 Å². The number of tetrazole rings is 1. The molecule has 1 heterocycles. The lowest BCUT2D eigenvalue weighted by molar-refractivity contribution is 0.580. The largest absolute Gasteiger partial charge is 0.384 e. The van der Waals surface area contributed by atoms with Crippen molar-refractivity contribution in [3.05, 3.63) is 60.2 Å². The highest BCUT2D eigenvalue weighted by Gasteiger charge is 2.23. The second kappa shape index (κ2) is 7.65. The van der Waals surface area contributed by atoms with Crippen molar-refractivity contribution in [2.24, 2.45) is 0 Å². The Labute approximate surface area is 153 Å². The Kier molecular flexibility index (Phi) is 5.32. The van der Waals surface area contributed by atoms with E-state index in [0.29, 0.717) is 11.6 Å². The standard InChI is InChI=1S/C18H21N5O2S/c1-14(2)15-8-10-16(11-9-15)19-12-13-26(24,25)18-20-21-22-23(18)17-6-4-3-5-7-17/h3-11,14,19H,12-13H2,1-2H3. The van der Waals surface area contributed by atoms with Gasteiger partial charge in [-0.05, 0) is 46.2 Å². The van der Waals surface area contributed by atoms with Gasteiger partial charge in [-0.25, -0.2) is 8.42 Å². The number of sulfone groups is 1. The van der Waals surface area contributed by atoms with Gasteiger partial charge in [0.25, 0.3) is 5.16 Å². The van der Waals surface area contributed by atoms with Crippen LogP contribution in [0, 0.1) is 0 Å². The first-order chi connectivity index (χ1) is 12.5. The highest BCUT2D eigenvalue weighted by Crippen LogP contribution is 2.17. The van der Waals surface area contributed by atoms with Crippen LogP contribution >= 0.6 is 0 Å². The van der Waals surface area contributed by atoms with E-state index in [4.69, 9.17) is 0 Å². The average Bonchev–Trinajstić information content (AvgIpc) is 3.13. The van der Waals surface area contributed by atoms with Crippen LogP contribution < -0.4 is 5.32 Å². The lowest BCUT2D eigenvalue weighted by atomic mass is 10.0. The van der Waals surface area contributed by atoms with Crippen LogP contribution in [0.5, 0.6) is 0 Å². The van der Waals surface area contributed by atoms with Crippen molar-refractivity contribution in [3.63, 3.8) is 0 Å². The molecule has 0 spiro atoms. The van der Waals surface area contributed by atoms with Crippen molar-refractivity contribution in [1.29, 1.82) is 0 Å². The molecule has 0 saturated heterocycles. The molecule has 26 heavy (non-hydrogen) atoms. The first-order valence-electron chi connectivity index (χ1n) is 8.38. The summed E-state index contributed by atoms with van der Waals surface area (Å²) in [6.07, 6.45) is 0. The maximum absolute atomic E-state index is 12.6. The van der Waals surface area contributed by atoms with Gasteiger partial charge >= 0.3 is 0 Å². The van der Waals surface area contributed by atoms with Crippen molar-refractivity contribution in [1.82, 2.24) is 20.2 Å². The number of nitrogens with zero attached hydrogens (tertiary/aromatic N) is 4. The zero-order chi connectivity index (χ0) is 18.6. The maximum atomic E-state index is 12.6. The normalized spacial score (nSPS) is 11.7. The molecule has 0 amide bonds. The molecule has 0 aliphatic heterocycles. The Morgan fingerprint density at radius 2 is 1.73 bits per heavy atom. The van der Waals surface area contributed by atoms with Crippen LogP contribution in [0.2, 0.25) is 0 Å². The fourth-order valence-corrected chi connectivity index (χ4v) is 3.63. The summed E-state index contributed by atoms with van der Waals surface area (Å²) in [5.74, 6) is 0.354. The molecule has 1 N–H and O–H groups in total. The van der Waals surface area contributed by atoms with Crippen molar-refractivity contribution in [3.8, 4) is 5.69 Å². The number of benzene rings is 2. The highest BCUT2D eigenvalue weighted by molar-refractivity contribution is 7.91. The number of hydrogen-bond acceptors (Lipinski definition) is 6. The number of nitrogens with one attached hydrogen (secondary N) is 1. The molecular formula is C18H21N5O2S. The first-order valence-corrected chi connectivity index (χ1v) is 10.0. The Balaban J connectivity index is 1.68. The van der Waals surface area contributed by atoms with Crippen LogP contribution in [0.25, 0.3) is 5.69 Å². The Morgan fingerprint density at radius 1 is 1.04 bits per heavy atom. The van der Waals surface area contributed by atoms with Gasteiger partial charge in [0.15, 0.2) is 0 Å². The molecule has 1 aromatic heterocycles. The van der Waals surface area contributed by atoms with E-state index in [2.05, 4.69) is 34.7 Å². The molecule has 0 aliphatic carbocycles. The topological polar surface area (TPSA) is 89.8 Å². The Bertz CT molecular complexity index is 951. The minimum Gasteiger partial charge on any atom is -0.384 e. The fraction of sp³-hybridized carbons (Fsp3) is 0.278. The molecule has 8 heteroatoms. The van der Waals surface area contributed by atoms with Gasteiger partial charge in [-0.1, -0.05) is 49.3 Å². The maximum Gasteiger partial charge on any atom is 0.272 e. The average molecular weight is 371 g/mol. The molecule has 0 aliphatic rings. The van der Waals surface area contributed by atoms with Gasteiger partial charge in [-0.2, -0.15) is 4.68 Å². The zero-order valence-electron chi connectivity index (χ0n) is 14.7. The smallest absolute Gasteiger partial charge is 0.272 e. The van der Waals surface area contributed by atoms with Crippen LogP contribution in [-0.2, 0) is 9.84 Å². The number of anilines is 1. The molecule has 0 atom stereocenters. The van der Waals surface area contributed by atoms with Gasteiger partial charge in [-0.3, -0.25) is 0 Å². The zero-order valence-corrected chi connectivity index (χ0v) is 15.5. The molecule has 0 fully saturated rings. The van der Waals surface area contributed by atoms with E-state index in [0.717, 1.165) is 5.69 Å². The quantitative estimate of drug-likeness (QED) is 0.687. The minimum absolute atomic E-state index is 0.105. The van der Waals surface area contributed by atoms with E-state index >= 15 is 0 Å². The van der Waals surface area contributed by atoms with Gasteiger partial charge in [-0.15, -0.1) is 0 Å². The summed E-state index contributed by atoms with van der Waals surface area (Å²) in [5.41, 5.74) is 2.73. The number of rotatable bonds is 7. The lowest BCUT2D eigenvalue weighted by Gasteiger charge is -2.10. The van der Waals surface area contributed by atoms with Crippen LogP contribution in [0.1, 0.15) is 25.3 Å². The van der Waals surface area contributed by atoms with Gasteiger partial charge in [0.1, 0.15) is 0 Å². The number of aromatic nitrogens is 4. The predicted molar refractivity (Wildman–Crippen MR) is 100 cm³/mol. The molecular weight excluding hydrogens is 350 g/mol. The fourth-order valence-electron chi connectivity index (χ4n) is 2.51. The monoisotopic (exact) mass is 371 g/mol. The molecule has 0 radical (unpaired) electrons. The molecule has 2 aromatic carbocycles. The lowest BCUT2D eigenvalue weighted by Crippen LogP contribution is -2.19. The van der Waals surface area contributed by atoms with Crippen molar-refractivity contribution < 1.29 is 8.42 Å². The summed E-state index contributed by atoms with van der Waals surface area (Å²) in [6, 6.07) is 16.9. The van der Waals surface area contributed by atoms with E-state index < -0.39 is 9.84 Å². The van der Waals surface area contributed by atoms with Gasteiger partial charge in [0.05, 0.1) is 11.4 Å². The summed E-state index contributed by atoms with van der Waals surface area (Å²) in [5, 5.41) is 14.0. The number of para-hydroxylation sites is 1. The summed E-state index contributed by atoms with van der Waals surface area (Å²) in [4.78, 5) is 0. The molecule has 3 rings (SSSR count). The molecule has 136 valence electrons. The molecule has 0 bridgehead atoms. The van der Waals surface area contributed by atoms with Crippen molar-refractivity contribution >= 4 is 15.5 Å². The highest BCUT2D eigenvalue weighted by atomic mass is 32.2. The van der Waals surface area contributed by atoms with Gasteiger partial charge in [0.2, 0.25) is 9.84 Å². The third-order valence-electron chi connectivity index (χ3n) is 4.00. The summed E-state index contributed by atoms with van der Waals surface area (Å²) >= 11 is 0. The summed E-state index contributed by atoms with van der Waals surface area (Å²) in [7, 11) is -3.62. The second-order valence-corrected chi connectivity index (χ2v) is 8.23. The summed E-state index contributed by atoms with van der Waals surface area (Å²) in [6.45, 7) is 4.53. The molecule has 3 aromatic rings. The second-order valence-electron chi connectivity index (χ2n) is 6.23. The minimum atomic E-state index is -3.62. The first kappa shape index (κ1) is 18.1. The summed E-state index contributed by atoms with van der Waals surface area (Å²) < 4.78 is 26.5. The molecule has 0 saturated carbocycles. The predicted octanol–water partition coefficient (Wildman–Crippen LogP) is 2.67. The van der Waals surface area contributed by atoms with Crippen LogP contribution in [0.3, 0.4) is 0 Å². The van der Waals surface area contributed by atoms with Gasteiger partial charge in [0, 0.05) is 12.2 Å².